The number of sulfonamides is 1. The zero-order valence-electron chi connectivity index (χ0n) is 17.9. The maximum Gasteiger partial charge on any atom is 0.243 e. The van der Waals surface area contributed by atoms with Crippen molar-refractivity contribution in [1.82, 2.24) is 9.29 Å². The van der Waals surface area contributed by atoms with Crippen molar-refractivity contribution >= 4 is 38.3 Å². The van der Waals surface area contributed by atoms with Gasteiger partial charge in [-0.3, -0.25) is 4.79 Å². The van der Waals surface area contributed by atoms with Gasteiger partial charge in [-0.2, -0.15) is 4.31 Å². The molecule has 0 saturated carbocycles. The molecule has 0 atom stereocenters. The number of rotatable bonds is 4. The van der Waals surface area contributed by atoms with Crippen LogP contribution in [0.1, 0.15) is 18.1 Å². The Labute approximate surface area is 182 Å². The van der Waals surface area contributed by atoms with E-state index < -0.39 is 10.0 Å². The molecule has 0 unspecified atom stereocenters. The van der Waals surface area contributed by atoms with Crippen LogP contribution >= 0.6 is 0 Å². The molecule has 3 aromatic rings. The van der Waals surface area contributed by atoms with Crippen molar-refractivity contribution in [2.45, 2.75) is 25.7 Å². The van der Waals surface area contributed by atoms with Crippen LogP contribution in [0.5, 0.6) is 0 Å². The summed E-state index contributed by atoms with van der Waals surface area (Å²) in [5.41, 5.74) is 3.86. The van der Waals surface area contributed by atoms with Gasteiger partial charge in [-0.1, -0.05) is 18.2 Å². The van der Waals surface area contributed by atoms with E-state index in [1.54, 1.807) is 12.1 Å². The largest absolute Gasteiger partial charge is 0.354 e. The van der Waals surface area contributed by atoms with E-state index in [0.717, 1.165) is 27.8 Å². The molecule has 1 aliphatic rings. The van der Waals surface area contributed by atoms with Gasteiger partial charge in [-0.05, 0) is 55.3 Å². The Kier molecular flexibility index (Phi) is 5.68. The van der Waals surface area contributed by atoms with E-state index in [0.29, 0.717) is 31.9 Å². The molecule has 1 aromatic heterocycles. The van der Waals surface area contributed by atoms with Gasteiger partial charge in [-0.15, -0.1) is 0 Å². The fourth-order valence-corrected chi connectivity index (χ4v) is 5.35. The topological polar surface area (TPSA) is 82.6 Å². The van der Waals surface area contributed by atoms with Crippen molar-refractivity contribution in [2.24, 2.45) is 0 Å². The molecule has 1 aliphatic heterocycles. The zero-order valence-corrected chi connectivity index (χ0v) is 18.7. The summed E-state index contributed by atoms with van der Waals surface area (Å²) in [6.07, 6.45) is 0. The van der Waals surface area contributed by atoms with Crippen LogP contribution in [0.2, 0.25) is 0 Å². The Morgan fingerprint density at radius 1 is 0.968 bits per heavy atom. The number of fused-ring (bicyclic) bond motifs is 1. The lowest BCUT2D eigenvalue weighted by atomic mass is 10.1. The van der Waals surface area contributed by atoms with Crippen molar-refractivity contribution < 1.29 is 13.2 Å². The number of carbonyl (C=O) groups excluding carboxylic acids is 1. The SMILES string of the molecule is CC(=O)Nc1ccc(S(=O)(=O)N2CCN(c3cc(C)c4cccc(C)c4n3)CC2)cc1. The number of hydrogen-bond donors (Lipinski definition) is 1. The van der Waals surface area contributed by atoms with Gasteiger partial charge in [0.25, 0.3) is 0 Å². The molecule has 0 aliphatic carbocycles. The van der Waals surface area contributed by atoms with Crippen LogP contribution in [0.15, 0.2) is 53.4 Å². The lowest BCUT2D eigenvalue weighted by Crippen LogP contribution is -2.48. The molecule has 8 heteroatoms. The van der Waals surface area contributed by atoms with E-state index >= 15 is 0 Å². The molecular weight excluding hydrogens is 412 g/mol. The molecule has 1 saturated heterocycles. The van der Waals surface area contributed by atoms with Crippen molar-refractivity contribution in [3.05, 3.63) is 59.7 Å². The lowest BCUT2D eigenvalue weighted by Gasteiger charge is -2.35. The smallest absolute Gasteiger partial charge is 0.243 e. The average Bonchev–Trinajstić information content (AvgIpc) is 2.74. The summed E-state index contributed by atoms with van der Waals surface area (Å²) in [7, 11) is -3.59. The zero-order chi connectivity index (χ0) is 22.2. The third-order valence-corrected chi connectivity index (χ3v) is 7.52. The monoisotopic (exact) mass is 438 g/mol. The molecule has 31 heavy (non-hydrogen) atoms. The summed E-state index contributed by atoms with van der Waals surface area (Å²) in [6.45, 7) is 7.49. The van der Waals surface area contributed by atoms with E-state index in [2.05, 4.69) is 42.3 Å². The highest BCUT2D eigenvalue weighted by Crippen LogP contribution is 2.26. The number of nitrogens with zero attached hydrogens (tertiary/aromatic N) is 3. The molecule has 1 N–H and O–H groups in total. The molecule has 1 amide bonds. The first kappa shape index (κ1) is 21.3. The molecule has 2 aromatic carbocycles. The van der Waals surface area contributed by atoms with Gasteiger partial charge in [0.05, 0.1) is 10.4 Å². The predicted molar refractivity (Wildman–Crippen MR) is 123 cm³/mol. The summed E-state index contributed by atoms with van der Waals surface area (Å²) in [5, 5.41) is 3.79. The fraction of sp³-hybridized carbons (Fsp3) is 0.304. The highest BCUT2D eigenvalue weighted by Gasteiger charge is 2.29. The molecule has 162 valence electrons. The summed E-state index contributed by atoms with van der Waals surface area (Å²) in [5.74, 6) is 0.690. The van der Waals surface area contributed by atoms with Gasteiger partial charge in [0, 0.05) is 44.2 Å². The number of aromatic nitrogens is 1. The number of amides is 1. The first-order valence-electron chi connectivity index (χ1n) is 10.3. The summed E-state index contributed by atoms with van der Waals surface area (Å²) >= 11 is 0. The maximum atomic E-state index is 13.0. The molecule has 0 bridgehead atoms. The van der Waals surface area contributed by atoms with Crippen LogP contribution in [0.4, 0.5) is 11.5 Å². The molecule has 0 spiro atoms. The predicted octanol–water partition coefficient (Wildman–Crippen LogP) is 3.32. The third kappa shape index (κ3) is 4.26. The number of pyridine rings is 1. The summed E-state index contributed by atoms with van der Waals surface area (Å²) in [4.78, 5) is 18.4. The first-order chi connectivity index (χ1) is 14.8. The lowest BCUT2D eigenvalue weighted by molar-refractivity contribution is -0.114. The van der Waals surface area contributed by atoms with E-state index in [-0.39, 0.29) is 10.8 Å². The highest BCUT2D eigenvalue weighted by molar-refractivity contribution is 7.89. The molecular formula is C23H26N4O3S. The number of nitrogens with one attached hydrogen (secondary N) is 1. The van der Waals surface area contributed by atoms with Crippen molar-refractivity contribution in [3.8, 4) is 0 Å². The molecule has 1 fully saturated rings. The van der Waals surface area contributed by atoms with Crippen LogP contribution in [0, 0.1) is 13.8 Å². The second-order valence-electron chi connectivity index (χ2n) is 7.87. The van der Waals surface area contributed by atoms with E-state index in [1.165, 1.54) is 23.4 Å². The minimum atomic E-state index is -3.59. The Morgan fingerprint density at radius 3 is 2.29 bits per heavy atom. The molecule has 0 radical (unpaired) electrons. The number of carbonyl (C=O) groups is 1. The molecule has 7 nitrogen and oxygen atoms in total. The van der Waals surface area contributed by atoms with E-state index in [9.17, 15) is 13.2 Å². The Balaban J connectivity index is 1.50. The van der Waals surface area contributed by atoms with Gasteiger partial charge in [0.15, 0.2) is 0 Å². The quantitative estimate of drug-likeness (QED) is 0.676. The second-order valence-corrected chi connectivity index (χ2v) is 9.80. The van der Waals surface area contributed by atoms with Crippen LogP contribution in [0.25, 0.3) is 10.9 Å². The standard InChI is InChI=1S/C23H26N4O3S/c1-16-5-4-6-21-17(2)15-22(25-23(16)21)26-11-13-27(14-12-26)31(29,30)20-9-7-19(8-10-20)24-18(3)28/h4-10,15H,11-14H2,1-3H3,(H,24,28). The number of aryl methyl sites for hydroxylation is 2. The number of para-hydroxylation sites is 1. The number of benzene rings is 2. The average molecular weight is 439 g/mol. The van der Waals surface area contributed by atoms with Crippen molar-refractivity contribution in [3.63, 3.8) is 0 Å². The van der Waals surface area contributed by atoms with Crippen molar-refractivity contribution in [1.29, 1.82) is 0 Å². The van der Waals surface area contributed by atoms with Crippen LogP contribution in [0.3, 0.4) is 0 Å². The number of hydrogen-bond acceptors (Lipinski definition) is 5. The van der Waals surface area contributed by atoms with Gasteiger partial charge in [0.1, 0.15) is 5.82 Å². The molecule has 2 heterocycles. The van der Waals surface area contributed by atoms with Crippen LogP contribution in [-0.2, 0) is 14.8 Å². The Morgan fingerprint density at radius 2 is 1.65 bits per heavy atom. The minimum absolute atomic E-state index is 0.195. The van der Waals surface area contributed by atoms with Crippen LogP contribution in [-0.4, -0.2) is 49.8 Å². The summed E-state index contributed by atoms with van der Waals surface area (Å²) in [6, 6.07) is 14.5. The van der Waals surface area contributed by atoms with Gasteiger partial charge >= 0.3 is 0 Å². The van der Waals surface area contributed by atoms with Gasteiger partial charge < -0.3 is 10.2 Å². The second kappa shape index (κ2) is 8.28. The van der Waals surface area contributed by atoms with E-state index in [4.69, 9.17) is 4.98 Å². The highest BCUT2D eigenvalue weighted by atomic mass is 32.2. The normalized spacial score (nSPS) is 15.3. The Bertz CT molecular complexity index is 1230. The molecule has 4 rings (SSSR count). The van der Waals surface area contributed by atoms with Gasteiger partial charge in [-0.25, -0.2) is 13.4 Å². The van der Waals surface area contributed by atoms with Crippen LogP contribution < -0.4 is 10.2 Å². The summed E-state index contributed by atoms with van der Waals surface area (Å²) < 4.78 is 27.6. The fourth-order valence-electron chi connectivity index (χ4n) is 3.93. The number of anilines is 2. The first-order valence-corrected chi connectivity index (χ1v) is 11.7. The minimum Gasteiger partial charge on any atom is -0.354 e. The van der Waals surface area contributed by atoms with Crippen molar-refractivity contribution in [2.75, 3.05) is 36.4 Å². The third-order valence-electron chi connectivity index (χ3n) is 5.61. The maximum absolute atomic E-state index is 13.0. The number of piperazine rings is 1. The van der Waals surface area contributed by atoms with E-state index in [1.807, 2.05) is 6.07 Å². The Hall–Kier alpha value is -2.97. The van der Waals surface area contributed by atoms with Gasteiger partial charge in [0.2, 0.25) is 15.9 Å².